The summed E-state index contributed by atoms with van der Waals surface area (Å²) >= 11 is 5.77. The van der Waals surface area contributed by atoms with E-state index in [4.69, 9.17) is 11.6 Å². The van der Waals surface area contributed by atoms with Crippen LogP contribution in [-0.2, 0) is 6.54 Å². The van der Waals surface area contributed by atoms with Crippen LogP contribution in [0.2, 0.25) is 5.02 Å². The zero-order valence-electron chi connectivity index (χ0n) is 16.1. The lowest BCUT2D eigenvalue weighted by Crippen LogP contribution is -2.50. The monoisotopic (exact) mass is 416 g/mol. The highest BCUT2D eigenvalue weighted by Gasteiger charge is 2.21. The number of aromatic nitrogens is 3. The number of fused-ring (bicyclic) bond motifs is 1. The van der Waals surface area contributed by atoms with E-state index in [1.807, 2.05) is 19.1 Å². The Morgan fingerprint density at radius 3 is 2.76 bits per heavy atom. The van der Waals surface area contributed by atoms with Crippen LogP contribution in [-0.4, -0.2) is 63.1 Å². The topological polar surface area (TPSA) is 66.3 Å². The van der Waals surface area contributed by atoms with E-state index >= 15 is 0 Å². The maximum Gasteiger partial charge on any atom is 0.321 e. The maximum absolute atomic E-state index is 13.2. The highest BCUT2D eigenvalue weighted by atomic mass is 35.5. The standard InChI is InChI=1S/C20H22ClFN6O/c1-14-24-18-3-2-6-23-19(18)28(14)12-9-26-7-10-27(11-8-26)20(29)25-15-4-5-17(22)16(21)13-15/h2-6,13H,7-12H2,1H3,(H,25,29). The number of imidazole rings is 1. The van der Waals surface area contributed by atoms with Gasteiger partial charge in [0.25, 0.3) is 0 Å². The molecule has 2 aromatic heterocycles. The van der Waals surface area contributed by atoms with Gasteiger partial charge in [-0.15, -0.1) is 0 Å². The molecule has 1 aliphatic rings. The van der Waals surface area contributed by atoms with Crippen LogP contribution in [0.5, 0.6) is 0 Å². The summed E-state index contributed by atoms with van der Waals surface area (Å²) < 4.78 is 15.4. The largest absolute Gasteiger partial charge is 0.322 e. The number of pyridine rings is 1. The second-order valence-electron chi connectivity index (χ2n) is 7.04. The number of rotatable bonds is 4. The zero-order valence-corrected chi connectivity index (χ0v) is 16.9. The van der Waals surface area contributed by atoms with Crippen LogP contribution in [0.3, 0.4) is 0 Å². The van der Waals surface area contributed by atoms with Crippen LogP contribution in [0.15, 0.2) is 36.5 Å². The molecule has 0 aliphatic carbocycles. The fourth-order valence-corrected chi connectivity index (χ4v) is 3.71. The van der Waals surface area contributed by atoms with Gasteiger partial charge in [0.2, 0.25) is 0 Å². The Labute approximate surface area is 173 Å². The second-order valence-corrected chi connectivity index (χ2v) is 7.45. The average Bonchev–Trinajstić information content (AvgIpc) is 3.04. The average molecular weight is 417 g/mol. The molecule has 29 heavy (non-hydrogen) atoms. The molecule has 0 radical (unpaired) electrons. The number of nitrogens with one attached hydrogen (secondary N) is 1. The number of halogens is 2. The molecule has 152 valence electrons. The van der Waals surface area contributed by atoms with Crippen LogP contribution in [0.4, 0.5) is 14.9 Å². The number of hydrogen-bond acceptors (Lipinski definition) is 4. The minimum Gasteiger partial charge on any atom is -0.322 e. The van der Waals surface area contributed by atoms with Crippen LogP contribution < -0.4 is 5.32 Å². The minimum atomic E-state index is -0.505. The van der Waals surface area contributed by atoms with Crippen molar-refractivity contribution in [2.75, 3.05) is 38.0 Å². The first-order valence-corrected chi connectivity index (χ1v) is 9.90. The maximum atomic E-state index is 13.2. The molecular formula is C20H22ClFN6O. The first-order valence-electron chi connectivity index (χ1n) is 9.52. The summed E-state index contributed by atoms with van der Waals surface area (Å²) in [6, 6.07) is 7.82. The Bertz CT molecular complexity index is 1030. The first-order chi connectivity index (χ1) is 14.0. The molecule has 3 heterocycles. The lowest BCUT2D eigenvalue weighted by molar-refractivity contribution is 0.144. The number of amides is 2. The van der Waals surface area contributed by atoms with Crippen LogP contribution >= 0.6 is 11.6 Å². The summed E-state index contributed by atoms with van der Waals surface area (Å²) in [5, 5.41) is 2.76. The van der Waals surface area contributed by atoms with Gasteiger partial charge in [-0.1, -0.05) is 11.6 Å². The zero-order chi connectivity index (χ0) is 20.4. The summed E-state index contributed by atoms with van der Waals surface area (Å²) in [6.45, 7) is 6.50. The van der Waals surface area contributed by atoms with E-state index in [0.717, 1.165) is 43.2 Å². The van der Waals surface area contributed by atoms with Crippen molar-refractivity contribution < 1.29 is 9.18 Å². The summed E-state index contributed by atoms with van der Waals surface area (Å²) in [4.78, 5) is 25.5. The number of anilines is 1. The van der Waals surface area contributed by atoms with Crippen molar-refractivity contribution in [3.8, 4) is 0 Å². The highest BCUT2D eigenvalue weighted by molar-refractivity contribution is 6.31. The van der Waals surface area contributed by atoms with Crippen molar-refractivity contribution in [3.05, 3.63) is 53.2 Å². The van der Waals surface area contributed by atoms with Crippen molar-refractivity contribution in [1.29, 1.82) is 0 Å². The van der Waals surface area contributed by atoms with Gasteiger partial charge in [-0.3, -0.25) is 4.90 Å². The van der Waals surface area contributed by atoms with E-state index in [0.29, 0.717) is 18.8 Å². The molecule has 1 fully saturated rings. The van der Waals surface area contributed by atoms with Crippen molar-refractivity contribution in [2.45, 2.75) is 13.5 Å². The predicted molar refractivity (Wildman–Crippen MR) is 111 cm³/mol. The lowest BCUT2D eigenvalue weighted by atomic mass is 10.3. The molecule has 1 aliphatic heterocycles. The molecule has 2 amide bonds. The fourth-order valence-electron chi connectivity index (χ4n) is 3.53. The summed E-state index contributed by atoms with van der Waals surface area (Å²) in [6.07, 6.45) is 1.78. The van der Waals surface area contributed by atoms with Gasteiger partial charge in [0, 0.05) is 51.2 Å². The Hall–Kier alpha value is -2.71. The summed E-state index contributed by atoms with van der Waals surface area (Å²) in [5.41, 5.74) is 2.30. The molecule has 0 unspecified atom stereocenters. The Morgan fingerprint density at radius 2 is 2.00 bits per heavy atom. The number of benzene rings is 1. The number of hydrogen-bond donors (Lipinski definition) is 1. The lowest BCUT2D eigenvalue weighted by Gasteiger charge is -2.34. The van der Waals surface area contributed by atoms with E-state index in [9.17, 15) is 9.18 Å². The highest BCUT2D eigenvalue weighted by Crippen LogP contribution is 2.20. The molecule has 7 nitrogen and oxygen atoms in total. The van der Waals surface area contributed by atoms with E-state index in [1.54, 1.807) is 11.1 Å². The normalized spacial score (nSPS) is 15.1. The third-order valence-corrected chi connectivity index (χ3v) is 5.45. The van der Waals surface area contributed by atoms with Gasteiger partial charge in [-0.2, -0.15) is 0 Å². The number of urea groups is 1. The van der Waals surface area contributed by atoms with Gasteiger partial charge in [0.05, 0.1) is 5.02 Å². The van der Waals surface area contributed by atoms with Crippen LogP contribution in [0, 0.1) is 12.7 Å². The number of carbonyl (C=O) groups is 1. The molecule has 0 spiro atoms. The molecule has 1 saturated heterocycles. The number of carbonyl (C=O) groups excluding carboxylic acids is 1. The molecule has 0 bridgehead atoms. The fraction of sp³-hybridized carbons (Fsp3) is 0.350. The smallest absolute Gasteiger partial charge is 0.321 e. The van der Waals surface area contributed by atoms with E-state index in [-0.39, 0.29) is 11.1 Å². The molecule has 4 rings (SSSR count). The number of piperazine rings is 1. The van der Waals surface area contributed by atoms with Gasteiger partial charge < -0.3 is 14.8 Å². The van der Waals surface area contributed by atoms with Gasteiger partial charge in [0.15, 0.2) is 5.65 Å². The summed E-state index contributed by atoms with van der Waals surface area (Å²) in [5.74, 6) is 0.448. The predicted octanol–water partition coefficient (Wildman–Crippen LogP) is 3.38. The van der Waals surface area contributed by atoms with E-state index in [1.165, 1.54) is 18.2 Å². The third-order valence-electron chi connectivity index (χ3n) is 5.16. The van der Waals surface area contributed by atoms with Crippen LogP contribution in [0.25, 0.3) is 11.2 Å². The molecule has 1 aromatic carbocycles. The molecule has 9 heteroatoms. The van der Waals surface area contributed by atoms with Crippen LogP contribution in [0.1, 0.15) is 5.82 Å². The quantitative estimate of drug-likeness (QED) is 0.708. The van der Waals surface area contributed by atoms with Crippen molar-refractivity contribution in [3.63, 3.8) is 0 Å². The van der Waals surface area contributed by atoms with Gasteiger partial charge in [-0.25, -0.2) is 19.2 Å². The summed E-state index contributed by atoms with van der Waals surface area (Å²) in [7, 11) is 0. The molecule has 1 N–H and O–H groups in total. The van der Waals surface area contributed by atoms with E-state index in [2.05, 4.69) is 24.8 Å². The number of aryl methyl sites for hydroxylation is 1. The minimum absolute atomic E-state index is 0.00979. The third kappa shape index (κ3) is 4.33. The first kappa shape index (κ1) is 19.6. The Kier molecular flexibility index (Phi) is 5.64. The molecular weight excluding hydrogens is 395 g/mol. The van der Waals surface area contributed by atoms with Gasteiger partial charge >= 0.3 is 6.03 Å². The molecule has 0 saturated carbocycles. The molecule has 0 atom stereocenters. The van der Waals surface area contributed by atoms with Gasteiger partial charge in [0.1, 0.15) is 17.2 Å². The molecule has 3 aromatic rings. The van der Waals surface area contributed by atoms with Crippen molar-refractivity contribution >= 4 is 34.5 Å². The van der Waals surface area contributed by atoms with Crippen molar-refractivity contribution in [1.82, 2.24) is 24.3 Å². The Morgan fingerprint density at radius 1 is 1.21 bits per heavy atom. The number of nitrogens with zero attached hydrogens (tertiary/aromatic N) is 5. The SMILES string of the molecule is Cc1nc2cccnc2n1CCN1CCN(C(=O)Nc2ccc(F)c(Cl)c2)CC1. The van der Waals surface area contributed by atoms with Gasteiger partial charge in [-0.05, 0) is 37.3 Å². The van der Waals surface area contributed by atoms with Crippen molar-refractivity contribution in [2.24, 2.45) is 0 Å². The van der Waals surface area contributed by atoms with E-state index < -0.39 is 5.82 Å². The second kappa shape index (κ2) is 8.34. The Balaban J connectivity index is 1.29.